The highest BCUT2D eigenvalue weighted by Gasteiger charge is 2.23. The summed E-state index contributed by atoms with van der Waals surface area (Å²) in [6, 6.07) is 8.19. The minimum absolute atomic E-state index is 0.184. The molecule has 2 heterocycles. The van der Waals surface area contributed by atoms with Gasteiger partial charge < -0.3 is 9.30 Å². The number of alkyl halides is 1. The molecule has 1 aromatic carbocycles. The van der Waals surface area contributed by atoms with E-state index in [4.69, 9.17) is 16.3 Å². The molecule has 17 heavy (non-hydrogen) atoms. The summed E-state index contributed by atoms with van der Waals surface area (Å²) in [4.78, 5) is 4.20. The summed E-state index contributed by atoms with van der Waals surface area (Å²) in [5.41, 5.74) is 1.28. The first-order valence-electron chi connectivity index (χ1n) is 5.67. The molecule has 0 bridgehead atoms. The average molecular weight is 249 g/mol. The maximum atomic E-state index is 5.89. The summed E-state index contributed by atoms with van der Waals surface area (Å²) in [6.07, 6.45) is 4.86. The van der Waals surface area contributed by atoms with Gasteiger partial charge in [-0.2, -0.15) is 0 Å². The van der Waals surface area contributed by atoms with Crippen molar-refractivity contribution in [1.29, 1.82) is 0 Å². The molecule has 0 saturated carbocycles. The van der Waals surface area contributed by atoms with Gasteiger partial charge >= 0.3 is 0 Å². The third-order valence-electron chi connectivity index (χ3n) is 3.04. The molecule has 0 spiro atoms. The number of ether oxygens (including phenoxy) is 1. The van der Waals surface area contributed by atoms with Crippen LogP contribution in [0.4, 0.5) is 0 Å². The van der Waals surface area contributed by atoms with Crippen molar-refractivity contribution in [2.45, 2.75) is 24.9 Å². The van der Waals surface area contributed by atoms with Crippen molar-refractivity contribution in [3.8, 4) is 5.75 Å². The normalized spacial score (nSPS) is 17.8. The Bertz CT molecular complexity index is 499. The summed E-state index contributed by atoms with van der Waals surface area (Å²) >= 11 is 5.82. The van der Waals surface area contributed by atoms with Gasteiger partial charge in [0.1, 0.15) is 17.7 Å². The fraction of sp³-hybridized carbons (Fsp3) is 0.308. The van der Waals surface area contributed by atoms with Crippen molar-refractivity contribution in [3.63, 3.8) is 0 Å². The van der Waals surface area contributed by atoms with Crippen LogP contribution in [0.3, 0.4) is 0 Å². The van der Waals surface area contributed by atoms with Gasteiger partial charge in [-0.05, 0) is 11.6 Å². The second-order valence-electron chi connectivity index (χ2n) is 4.18. The van der Waals surface area contributed by atoms with Crippen LogP contribution in [0.25, 0.3) is 0 Å². The van der Waals surface area contributed by atoms with E-state index < -0.39 is 0 Å². The Morgan fingerprint density at radius 2 is 2.29 bits per heavy atom. The minimum atomic E-state index is 0.184. The highest BCUT2D eigenvalue weighted by atomic mass is 35.5. The molecule has 1 aliphatic heterocycles. The van der Waals surface area contributed by atoms with Crippen molar-refractivity contribution < 1.29 is 4.74 Å². The van der Waals surface area contributed by atoms with Gasteiger partial charge in [0.2, 0.25) is 0 Å². The van der Waals surface area contributed by atoms with Gasteiger partial charge in [0.05, 0.1) is 12.4 Å². The number of aromatic nitrogens is 2. The molecule has 1 aromatic heterocycles. The zero-order valence-electron chi connectivity index (χ0n) is 9.34. The average Bonchev–Trinajstić information content (AvgIpc) is 2.94. The number of imidazole rings is 1. The summed E-state index contributed by atoms with van der Waals surface area (Å²) in [7, 11) is 0. The Kier molecular flexibility index (Phi) is 2.77. The highest BCUT2D eigenvalue weighted by Crippen LogP contribution is 2.28. The zero-order chi connectivity index (χ0) is 11.7. The first kappa shape index (κ1) is 10.7. The lowest BCUT2D eigenvalue weighted by Crippen LogP contribution is -2.21. The van der Waals surface area contributed by atoms with Crippen LogP contribution in [0.1, 0.15) is 11.4 Å². The summed E-state index contributed by atoms with van der Waals surface area (Å²) in [5, 5.41) is 0. The van der Waals surface area contributed by atoms with E-state index in [1.165, 1.54) is 5.56 Å². The maximum absolute atomic E-state index is 5.89. The van der Waals surface area contributed by atoms with Crippen LogP contribution in [0.2, 0.25) is 0 Å². The molecule has 1 unspecified atom stereocenters. The molecular formula is C13H13ClN2O. The third kappa shape index (κ3) is 2.03. The van der Waals surface area contributed by atoms with Gasteiger partial charge in [0.15, 0.2) is 0 Å². The second-order valence-corrected chi connectivity index (χ2v) is 4.45. The van der Waals surface area contributed by atoms with Crippen LogP contribution in [0.5, 0.6) is 5.75 Å². The first-order chi connectivity index (χ1) is 8.36. The molecule has 3 rings (SSSR count). The molecule has 0 radical (unpaired) electrons. The van der Waals surface area contributed by atoms with Gasteiger partial charge in [-0.15, -0.1) is 11.6 Å². The van der Waals surface area contributed by atoms with Crippen LogP contribution in [-0.4, -0.2) is 15.7 Å². The van der Waals surface area contributed by atoms with Crippen molar-refractivity contribution in [3.05, 3.63) is 48.0 Å². The maximum Gasteiger partial charge on any atom is 0.123 e. The fourth-order valence-electron chi connectivity index (χ4n) is 2.21. The third-order valence-corrected chi connectivity index (χ3v) is 3.27. The van der Waals surface area contributed by atoms with E-state index in [1.54, 1.807) is 6.20 Å². The van der Waals surface area contributed by atoms with E-state index in [-0.39, 0.29) is 6.10 Å². The molecule has 0 fully saturated rings. The molecule has 2 aromatic rings. The number of benzene rings is 1. The quantitative estimate of drug-likeness (QED) is 0.781. The standard InChI is InChI=1S/C13H13ClN2O/c14-8-13-15-5-6-16(13)9-11-7-10-3-1-2-4-12(10)17-11/h1-6,11H,7-9H2. The lowest BCUT2D eigenvalue weighted by Gasteiger charge is -2.12. The molecule has 0 saturated heterocycles. The van der Waals surface area contributed by atoms with Crippen LogP contribution >= 0.6 is 11.6 Å². The number of nitrogens with zero attached hydrogens (tertiary/aromatic N) is 2. The van der Waals surface area contributed by atoms with Gasteiger partial charge in [0, 0.05) is 18.8 Å². The van der Waals surface area contributed by atoms with Crippen molar-refractivity contribution in [2.75, 3.05) is 0 Å². The molecule has 3 nitrogen and oxygen atoms in total. The second kappa shape index (κ2) is 4.41. The number of para-hydroxylation sites is 1. The molecule has 4 heteroatoms. The summed E-state index contributed by atoms with van der Waals surface area (Å²) < 4.78 is 7.95. The Morgan fingerprint density at radius 3 is 3.12 bits per heavy atom. The lowest BCUT2D eigenvalue weighted by atomic mass is 10.1. The fourth-order valence-corrected chi connectivity index (χ4v) is 2.44. The smallest absolute Gasteiger partial charge is 0.123 e. The van der Waals surface area contributed by atoms with Gasteiger partial charge in [-0.25, -0.2) is 4.98 Å². The van der Waals surface area contributed by atoms with E-state index in [9.17, 15) is 0 Å². The Balaban J connectivity index is 1.74. The number of fused-ring (bicyclic) bond motifs is 1. The lowest BCUT2D eigenvalue weighted by molar-refractivity contribution is 0.208. The molecule has 88 valence electrons. The Hall–Kier alpha value is -1.48. The van der Waals surface area contributed by atoms with E-state index >= 15 is 0 Å². The molecule has 0 amide bonds. The number of halogens is 1. The predicted octanol–water partition coefficient (Wildman–Crippen LogP) is 2.63. The van der Waals surface area contributed by atoms with Gasteiger partial charge in [-0.1, -0.05) is 18.2 Å². The van der Waals surface area contributed by atoms with Gasteiger partial charge in [0.25, 0.3) is 0 Å². The predicted molar refractivity (Wildman–Crippen MR) is 66.3 cm³/mol. The van der Waals surface area contributed by atoms with Crippen molar-refractivity contribution >= 4 is 11.6 Å². The van der Waals surface area contributed by atoms with E-state index in [0.29, 0.717) is 5.88 Å². The van der Waals surface area contributed by atoms with E-state index in [1.807, 2.05) is 24.4 Å². The molecule has 1 atom stereocenters. The zero-order valence-corrected chi connectivity index (χ0v) is 10.1. The van der Waals surface area contributed by atoms with Crippen LogP contribution in [0, 0.1) is 0 Å². The van der Waals surface area contributed by atoms with Crippen molar-refractivity contribution in [2.24, 2.45) is 0 Å². The van der Waals surface area contributed by atoms with Crippen LogP contribution in [-0.2, 0) is 18.8 Å². The van der Waals surface area contributed by atoms with Gasteiger partial charge in [-0.3, -0.25) is 0 Å². The topological polar surface area (TPSA) is 27.1 Å². The minimum Gasteiger partial charge on any atom is -0.488 e. The molecule has 0 aliphatic carbocycles. The first-order valence-corrected chi connectivity index (χ1v) is 6.21. The molecular weight excluding hydrogens is 236 g/mol. The number of hydrogen-bond acceptors (Lipinski definition) is 2. The van der Waals surface area contributed by atoms with Crippen LogP contribution in [0.15, 0.2) is 36.7 Å². The monoisotopic (exact) mass is 248 g/mol. The number of hydrogen-bond donors (Lipinski definition) is 0. The molecule has 0 N–H and O–H groups in total. The summed E-state index contributed by atoms with van der Waals surface area (Å²) in [6.45, 7) is 0.802. The van der Waals surface area contributed by atoms with Crippen molar-refractivity contribution in [1.82, 2.24) is 9.55 Å². The van der Waals surface area contributed by atoms with E-state index in [2.05, 4.69) is 15.6 Å². The SMILES string of the molecule is ClCc1nccn1CC1Cc2ccccc2O1. The van der Waals surface area contributed by atoms with Crippen LogP contribution < -0.4 is 4.74 Å². The Morgan fingerprint density at radius 1 is 1.41 bits per heavy atom. The number of rotatable bonds is 3. The molecule has 1 aliphatic rings. The largest absolute Gasteiger partial charge is 0.488 e. The summed E-state index contributed by atoms with van der Waals surface area (Å²) in [5.74, 6) is 2.34. The highest BCUT2D eigenvalue weighted by molar-refractivity contribution is 6.16. The Labute approximate surface area is 105 Å². The van der Waals surface area contributed by atoms with E-state index in [0.717, 1.165) is 24.5 Å².